The first-order valence-electron chi connectivity index (χ1n) is 6.48. The maximum absolute atomic E-state index is 11.3. The van der Waals surface area contributed by atoms with Crippen molar-refractivity contribution >= 4 is 5.97 Å². The molecule has 1 saturated heterocycles. The van der Waals surface area contributed by atoms with Crippen LogP contribution in [0.1, 0.15) is 25.3 Å². The highest BCUT2D eigenvalue weighted by molar-refractivity contribution is 5.74. The Kier molecular flexibility index (Phi) is 4.04. The van der Waals surface area contributed by atoms with Crippen LogP contribution in [-0.4, -0.2) is 41.2 Å². The quantitative estimate of drug-likeness (QED) is 0.898. The van der Waals surface area contributed by atoms with Gasteiger partial charge >= 0.3 is 5.97 Å². The third-order valence-corrected chi connectivity index (χ3v) is 3.70. The fourth-order valence-electron chi connectivity index (χ4n) is 2.54. The van der Waals surface area contributed by atoms with E-state index in [-0.39, 0.29) is 0 Å². The minimum atomic E-state index is -0.704. The molecule has 1 aliphatic rings. The van der Waals surface area contributed by atoms with Gasteiger partial charge in [0.25, 0.3) is 0 Å². The highest BCUT2D eigenvalue weighted by Crippen LogP contribution is 2.30. The molecule has 1 aliphatic heterocycles. The Morgan fingerprint density at radius 3 is 2.95 bits per heavy atom. The molecule has 1 aromatic rings. The van der Waals surface area contributed by atoms with Crippen molar-refractivity contribution in [2.24, 2.45) is 5.41 Å². The van der Waals surface area contributed by atoms with Crippen LogP contribution in [0.5, 0.6) is 5.88 Å². The smallest absolute Gasteiger partial charge is 0.310 e. The summed E-state index contributed by atoms with van der Waals surface area (Å²) < 4.78 is 5.02. The number of carboxylic acid groups (broad SMARTS) is 1. The molecule has 0 radical (unpaired) electrons. The summed E-state index contributed by atoms with van der Waals surface area (Å²) in [6.45, 7) is 4.09. The first-order valence-corrected chi connectivity index (χ1v) is 6.48. The normalized spacial score (nSPS) is 24.1. The first kappa shape index (κ1) is 13.8. The number of nitrogens with zero attached hydrogens (tertiary/aromatic N) is 2. The van der Waals surface area contributed by atoms with E-state index < -0.39 is 11.4 Å². The molecule has 1 aromatic heterocycles. The third-order valence-electron chi connectivity index (χ3n) is 3.70. The summed E-state index contributed by atoms with van der Waals surface area (Å²) in [5, 5.41) is 9.29. The molecule has 0 saturated carbocycles. The van der Waals surface area contributed by atoms with Gasteiger partial charge in [0, 0.05) is 25.4 Å². The van der Waals surface area contributed by atoms with Gasteiger partial charge in [-0.2, -0.15) is 0 Å². The fourth-order valence-corrected chi connectivity index (χ4v) is 2.54. The first-order chi connectivity index (χ1) is 9.03. The second-order valence-electron chi connectivity index (χ2n) is 5.39. The molecule has 0 spiro atoms. The molecule has 1 fully saturated rings. The molecular weight excluding hydrogens is 244 g/mol. The lowest BCUT2D eigenvalue weighted by Gasteiger charge is -2.37. The fraction of sp³-hybridized carbons (Fsp3) is 0.571. The van der Waals surface area contributed by atoms with E-state index >= 15 is 0 Å². The molecular formula is C14H20N2O3. The molecule has 19 heavy (non-hydrogen) atoms. The second-order valence-corrected chi connectivity index (χ2v) is 5.39. The van der Waals surface area contributed by atoms with Crippen LogP contribution in [0.25, 0.3) is 0 Å². The molecule has 2 rings (SSSR count). The zero-order valence-electron chi connectivity index (χ0n) is 11.4. The van der Waals surface area contributed by atoms with Gasteiger partial charge in [-0.05, 0) is 31.9 Å². The SMILES string of the molecule is COc1ccc(CN2CCCC(C)(C(=O)O)C2)cn1. The molecule has 5 nitrogen and oxygen atoms in total. The summed E-state index contributed by atoms with van der Waals surface area (Å²) in [6.07, 6.45) is 3.46. The van der Waals surface area contributed by atoms with Gasteiger partial charge in [-0.1, -0.05) is 6.07 Å². The van der Waals surface area contributed by atoms with Gasteiger partial charge in [-0.25, -0.2) is 4.98 Å². The molecule has 1 N–H and O–H groups in total. The van der Waals surface area contributed by atoms with Crippen molar-refractivity contribution in [3.63, 3.8) is 0 Å². The summed E-state index contributed by atoms with van der Waals surface area (Å²) in [4.78, 5) is 17.7. The molecule has 2 heterocycles. The topological polar surface area (TPSA) is 62.7 Å². The van der Waals surface area contributed by atoms with Crippen molar-refractivity contribution in [3.05, 3.63) is 23.9 Å². The van der Waals surface area contributed by atoms with Crippen LogP contribution in [0.3, 0.4) is 0 Å². The largest absolute Gasteiger partial charge is 0.481 e. The molecule has 0 bridgehead atoms. The van der Waals surface area contributed by atoms with Crippen molar-refractivity contribution in [3.8, 4) is 5.88 Å². The van der Waals surface area contributed by atoms with Gasteiger partial charge in [0.2, 0.25) is 5.88 Å². The number of rotatable bonds is 4. The Morgan fingerprint density at radius 1 is 1.58 bits per heavy atom. The van der Waals surface area contributed by atoms with Crippen LogP contribution >= 0.6 is 0 Å². The number of carbonyl (C=O) groups is 1. The van der Waals surface area contributed by atoms with Crippen LogP contribution in [0.2, 0.25) is 0 Å². The number of ether oxygens (including phenoxy) is 1. The number of hydrogen-bond acceptors (Lipinski definition) is 4. The van der Waals surface area contributed by atoms with E-state index in [4.69, 9.17) is 4.74 Å². The van der Waals surface area contributed by atoms with Crippen LogP contribution in [0, 0.1) is 5.41 Å². The van der Waals surface area contributed by atoms with E-state index in [1.807, 2.05) is 19.1 Å². The zero-order valence-corrected chi connectivity index (χ0v) is 11.4. The summed E-state index contributed by atoms with van der Waals surface area (Å²) >= 11 is 0. The Hall–Kier alpha value is -1.62. The van der Waals surface area contributed by atoms with Gasteiger partial charge in [0.1, 0.15) is 0 Å². The number of pyridine rings is 1. The van der Waals surface area contributed by atoms with Crippen molar-refractivity contribution < 1.29 is 14.6 Å². The monoisotopic (exact) mass is 264 g/mol. The predicted molar refractivity (Wildman–Crippen MR) is 71.0 cm³/mol. The molecule has 1 unspecified atom stereocenters. The van der Waals surface area contributed by atoms with Crippen LogP contribution < -0.4 is 4.74 Å². The van der Waals surface area contributed by atoms with Gasteiger partial charge in [-0.15, -0.1) is 0 Å². The lowest BCUT2D eigenvalue weighted by Crippen LogP contribution is -2.45. The lowest BCUT2D eigenvalue weighted by atomic mass is 9.82. The summed E-state index contributed by atoms with van der Waals surface area (Å²) in [5.74, 6) is -0.108. The van der Waals surface area contributed by atoms with Crippen molar-refractivity contribution in [2.75, 3.05) is 20.2 Å². The van der Waals surface area contributed by atoms with Crippen LogP contribution in [-0.2, 0) is 11.3 Å². The van der Waals surface area contributed by atoms with Crippen molar-refractivity contribution in [1.29, 1.82) is 0 Å². The minimum Gasteiger partial charge on any atom is -0.481 e. The molecule has 104 valence electrons. The van der Waals surface area contributed by atoms with E-state index in [1.165, 1.54) is 0 Å². The number of aliphatic carboxylic acids is 1. The van der Waals surface area contributed by atoms with Crippen LogP contribution in [0.4, 0.5) is 0 Å². The number of hydrogen-bond donors (Lipinski definition) is 1. The number of methoxy groups -OCH3 is 1. The van der Waals surface area contributed by atoms with E-state index in [0.717, 1.165) is 31.5 Å². The predicted octanol–water partition coefficient (Wildman–Crippen LogP) is 1.78. The molecule has 1 atom stereocenters. The van der Waals surface area contributed by atoms with Gasteiger partial charge in [0.05, 0.1) is 12.5 Å². The number of aromatic nitrogens is 1. The van der Waals surface area contributed by atoms with E-state index in [9.17, 15) is 9.90 Å². The highest BCUT2D eigenvalue weighted by atomic mass is 16.5. The summed E-state index contributed by atoms with van der Waals surface area (Å²) in [6, 6.07) is 3.80. The Bertz CT molecular complexity index is 447. The van der Waals surface area contributed by atoms with Crippen molar-refractivity contribution in [1.82, 2.24) is 9.88 Å². The number of piperidine rings is 1. The highest BCUT2D eigenvalue weighted by Gasteiger charge is 2.37. The van der Waals surface area contributed by atoms with E-state index in [0.29, 0.717) is 12.4 Å². The number of carboxylic acids is 1. The van der Waals surface area contributed by atoms with Gasteiger partial charge < -0.3 is 9.84 Å². The van der Waals surface area contributed by atoms with Crippen molar-refractivity contribution in [2.45, 2.75) is 26.3 Å². The Morgan fingerprint density at radius 2 is 2.37 bits per heavy atom. The summed E-state index contributed by atoms with van der Waals surface area (Å²) in [5.41, 5.74) is 0.452. The molecule has 0 aromatic carbocycles. The average Bonchev–Trinajstić information content (AvgIpc) is 2.39. The van der Waals surface area contributed by atoms with Gasteiger partial charge in [-0.3, -0.25) is 9.69 Å². The Labute approximate surface area is 113 Å². The second kappa shape index (κ2) is 5.57. The summed E-state index contributed by atoms with van der Waals surface area (Å²) in [7, 11) is 1.59. The van der Waals surface area contributed by atoms with Gasteiger partial charge in [0.15, 0.2) is 0 Å². The standard InChI is InChI=1S/C14H20N2O3/c1-14(13(17)18)6-3-7-16(10-14)9-11-4-5-12(19-2)15-8-11/h4-5,8H,3,6-7,9-10H2,1-2H3,(H,17,18). The minimum absolute atomic E-state index is 0.592. The molecule has 0 amide bonds. The number of likely N-dealkylation sites (tertiary alicyclic amines) is 1. The molecule has 5 heteroatoms. The molecule has 0 aliphatic carbocycles. The third kappa shape index (κ3) is 3.23. The lowest BCUT2D eigenvalue weighted by molar-refractivity contribution is -0.151. The average molecular weight is 264 g/mol. The zero-order chi connectivity index (χ0) is 13.9. The maximum Gasteiger partial charge on any atom is 0.310 e. The Balaban J connectivity index is 2.00. The van der Waals surface area contributed by atoms with Crippen LogP contribution in [0.15, 0.2) is 18.3 Å². The van der Waals surface area contributed by atoms with E-state index in [2.05, 4.69) is 9.88 Å². The maximum atomic E-state index is 11.3. The van der Waals surface area contributed by atoms with E-state index in [1.54, 1.807) is 13.3 Å².